The molecule has 0 heterocycles. The summed E-state index contributed by atoms with van der Waals surface area (Å²) in [5.74, 6) is -2.51. The third-order valence-corrected chi connectivity index (χ3v) is 8.28. The molecule has 3 aromatic rings. The van der Waals surface area contributed by atoms with Gasteiger partial charge in [-0.15, -0.1) is 0 Å². The van der Waals surface area contributed by atoms with Crippen molar-refractivity contribution in [1.29, 1.82) is 0 Å². The summed E-state index contributed by atoms with van der Waals surface area (Å²) < 4.78 is 32.0. The second-order valence-corrected chi connectivity index (χ2v) is 11.9. The lowest BCUT2D eigenvalue weighted by atomic mass is 10.1. The topological polar surface area (TPSA) is 282 Å². The fourth-order valence-electron chi connectivity index (χ4n) is 5.41. The van der Waals surface area contributed by atoms with Gasteiger partial charge in [-0.2, -0.15) is 0 Å². The van der Waals surface area contributed by atoms with Gasteiger partial charge in [0.2, 0.25) is 0 Å². The van der Waals surface area contributed by atoms with Crippen LogP contribution < -0.4 is 71.8 Å². The summed E-state index contributed by atoms with van der Waals surface area (Å²) in [6.07, 6.45) is 0. The van der Waals surface area contributed by atoms with E-state index in [1.807, 2.05) is 0 Å². The Bertz CT molecular complexity index is 1840. The first kappa shape index (κ1) is 45.6. The van der Waals surface area contributed by atoms with Gasteiger partial charge in [-0.05, 0) is 18.2 Å². The highest BCUT2D eigenvalue weighted by Crippen LogP contribution is 2.31. The van der Waals surface area contributed by atoms with Crippen molar-refractivity contribution in [3.05, 3.63) is 69.8 Å². The van der Waals surface area contributed by atoms with Gasteiger partial charge in [-0.3, -0.25) is 28.8 Å². The van der Waals surface area contributed by atoms with Gasteiger partial charge in [0.15, 0.2) is 0 Å². The van der Waals surface area contributed by atoms with E-state index in [-0.39, 0.29) is 120 Å². The number of amides is 6. The normalized spacial score (nSPS) is 10.3. The summed E-state index contributed by atoms with van der Waals surface area (Å²) in [4.78, 5) is 78.2. The van der Waals surface area contributed by atoms with Crippen molar-refractivity contribution < 1.29 is 57.2 Å². The molecule has 20 nitrogen and oxygen atoms in total. The van der Waals surface area contributed by atoms with E-state index < -0.39 is 35.4 Å². The lowest BCUT2D eigenvalue weighted by molar-refractivity contribution is 0.0918. The van der Waals surface area contributed by atoms with Crippen LogP contribution in [0.4, 0.5) is 0 Å². The molecule has 10 N–H and O–H groups in total. The van der Waals surface area contributed by atoms with Crippen LogP contribution >= 0.6 is 0 Å². The molecule has 0 fully saturated rings. The third kappa shape index (κ3) is 11.6. The minimum absolute atomic E-state index is 0.00376. The first-order valence-electron chi connectivity index (χ1n) is 17.8. The Morgan fingerprint density at radius 1 is 0.345 bits per heavy atom. The van der Waals surface area contributed by atoms with Gasteiger partial charge in [-0.25, -0.2) is 0 Å². The largest absolute Gasteiger partial charge is 0.496 e. The molecule has 58 heavy (non-hydrogen) atoms. The van der Waals surface area contributed by atoms with E-state index in [9.17, 15) is 28.8 Å². The Morgan fingerprint density at radius 3 is 0.672 bits per heavy atom. The number of methoxy groups -OCH3 is 6. The molecule has 0 unspecified atom stereocenters. The molecule has 0 aliphatic heterocycles. The SMILES string of the molecule is COc1cc(OC)c(C(=O)NCCNC(=O)c2cc(C(=O)NCCNC(=O)c3cc(C(=O)NCCN)c(OC)cc3OC)c(OC)cc2OC)cc1C(=O)NCCN. The summed E-state index contributed by atoms with van der Waals surface area (Å²) in [5.41, 5.74) is 11.3. The highest BCUT2D eigenvalue weighted by atomic mass is 16.5. The quantitative estimate of drug-likeness (QED) is 0.0591. The zero-order valence-corrected chi connectivity index (χ0v) is 33.2. The molecular weight excluding hydrogens is 760 g/mol. The van der Waals surface area contributed by atoms with Crippen LogP contribution in [-0.4, -0.2) is 130 Å². The molecule has 0 atom stereocenters. The Kier molecular flexibility index (Phi) is 17.8. The molecule has 3 aromatic carbocycles. The Hall–Kier alpha value is -6.80. The molecule has 6 amide bonds. The van der Waals surface area contributed by atoms with Gasteiger partial charge in [0.05, 0.1) is 76.0 Å². The van der Waals surface area contributed by atoms with Gasteiger partial charge in [0.1, 0.15) is 34.5 Å². The number of carbonyl (C=O) groups excluding carboxylic acids is 6. The van der Waals surface area contributed by atoms with Crippen LogP contribution in [0.3, 0.4) is 0 Å². The third-order valence-electron chi connectivity index (χ3n) is 8.28. The molecule has 0 saturated carbocycles. The minimum atomic E-state index is -0.625. The van der Waals surface area contributed by atoms with Crippen LogP contribution in [0.5, 0.6) is 34.5 Å². The summed E-state index contributed by atoms with van der Waals surface area (Å²) in [6.45, 7) is 0.715. The molecule has 0 radical (unpaired) electrons. The zero-order valence-electron chi connectivity index (χ0n) is 33.2. The number of carbonyl (C=O) groups is 6. The summed E-state index contributed by atoms with van der Waals surface area (Å²) in [6, 6.07) is 8.16. The van der Waals surface area contributed by atoms with Gasteiger partial charge < -0.3 is 71.8 Å². The van der Waals surface area contributed by atoms with Crippen molar-refractivity contribution in [1.82, 2.24) is 31.9 Å². The molecule has 0 aliphatic carbocycles. The van der Waals surface area contributed by atoms with Crippen LogP contribution in [0, 0.1) is 0 Å². The van der Waals surface area contributed by atoms with E-state index in [1.165, 1.54) is 79.1 Å². The number of hydrogen-bond acceptors (Lipinski definition) is 14. The van der Waals surface area contributed by atoms with E-state index >= 15 is 0 Å². The van der Waals surface area contributed by atoms with Gasteiger partial charge in [-0.1, -0.05) is 0 Å². The Morgan fingerprint density at radius 2 is 0.517 bits per heavy atom. The zero-order chi connectivity index (χ0) is 42.8. The van der Waals surface area contributed by atoms with E-state index in [0.717, 1.165) is 0 Å². The Labute approximate surface area is 334 Å². The molecule has 0 aromatic heterocycles. The molecule has 3 rings (SSSR count). The van der Waals surface area contributed by atoms with E-state index in [4.69, 9.17) is 39.9 Å². The van der Waals surface area contributed by atoms with E-state index in [0.29, 0.717) is 0 Å². The fraction of sp³-hybridized carbons (Fsp3) is 0.368. The van der Waals surface area contributed by atoms with Crippen molar-refractivity contribution in [2.75, 3.05) is 95.0 Å². The van der Waals surface area contributed by atoms with Crippen LogP contribution in [0.2, 0.25) is 0 Å². The number of hydrogen-bond donors (Lipinski definition) is 8. The predicted molar refractivity (Wildman–Crippen MR) is 211 cm³/mol. The van der Waals surface area contributed by atoms with Crippen LogP contribution in [-0.2, 0) is 0 Å². The van der Waals surface area contributed by atoms with Crippen molar-refractivity contribution in [3.8, 4) is 34.5 Å². The van der Waals surface area contributed by atoms with Crippen LogP contribution in [0.15, 0.2) is 36.4 Å². The molecule has 0 saturated heterocycles. The molecular formula is C38H50N8O12. The lowest BCUT2D eigenvalue weighted by Crippen LogP contribution is -2.36. The van der Waals surface area contributed by atoms with Crippen molar-refractivity contribution >= 4 is 35.4 Å². The average molecular weight is 811 g/mol. The van der Waals surface area contributed by atoms with Gasteiger partial charge in [0.25, 0.3) is 35.4 Å². The number of nitrogens with two attached hydrogens (primary N) is 2. The second-order valence-electron chi connectivity index (χ2n) is 11.9. The van der Waals surface area contributed by atoms with Gasteiger partial charge in [0, 0.05) is 70.6 Å². The first-order valence-corrected chi connectivity index (χ1v) is 17.8. The maximum absolute atomic E-state index is 13.3. The fourth-order valence-corrected chi connectivity index (χ4v) is 5.41. The standard InChI is InChI=1S/C38H50N8O12/c1-53-27-18-29(55-3)23(15-21(27)33(47)41-9-7-39)35(49)43-11-13-45-37(51)25-17-26(32(58-6)20-31(25)57-5)38(52)46-14-12-44-36(50)24-16-22(34(48)42-10-8-40)28(54-2)19-30(24)56-4/h15-20H,7-14,39-40H2,1-6H3,(H,41,47)(H,42,48)(H,43,49)(H,44,50)(H,45,51)(H,46,52). The van der Waals surface area contributed by atoms with Crippen LogP contribution in [0.1, 0.15) is 62.1 Å². The lowest BCUT2D eigenvalue weighted by Gasteiger charge is -2.16. The molecule has 0 spiro atoms. The van der Waals surface area contributed by atoms with E-state index in [2.05, 4.69) is 31.9 Å². The predicted octanol–water partition coefficient (Wildman–Crippen LogP) is -0.565. The van der Waals surface area contributed by atoms with Crippen molar-refractivity contribution in [2.24, 2.45) is 11.5 Å². The number of benzene rings is 3. The maximum Gasteiger partial charge on any atom is 0.255 e. The highest BCUT2D eigenvalue weighted by Gasteiger charge is 2.24. The van der Waals surface area contributed by atoms with Gasteiger partial charge >= 0.3 is 0 Å². The smallest absolute Gasteiger partial charge is 0.255 e. The molecule has 0 aliphatic rings. The van der Waals surface area contributed by atoms with Crippen molar-refractivity contribution in [3.63, 3.8) is 0 Å². The molecule has 0 bridgehead atoms. The average Bonchev–Trinajstić information content (AvgIpc) is 3.25. The summed E-state index contributed by atoms with van der Waals surface area (Å²) >= 11 is 0. The highest BCUT2D eigenvalue weighted by molar-refractivity contribution is 6.05. The number of nitrogens with one attached hydrogen (secondary N) is 6. The van der Waals surface area contributed by atoms with Crippen LogP contribution in [0.25, 0.3) is 0 Å². The summed E-state index contributed by atoms with van der Waals surface area (Å²) in [5, 5.41) is 15.9. The van der Waals surface area contributed by atoms with E-state index in [1.54, 1.807) is 0 Å². The maximum atomic E-state index is 13.3. The molecule has 20 heteroatoms. The first-order chi connectivity index (χ1) is 27.9. The summed E-state index contributed by atoms with van der Waals surface area (Å²) in [7, 11) is 8.16. The minimum Gasteiger partial charge on any atom is -0.496 e. The number of ether oxygens (including phenoxy) is 6. The van der Waals surface area contributed by atoms with Crippen molar-refractivity contribution in [2.45, 2.75) is 0 Å². The Balaban J connectivity index is 1.66. The number of rotatable bonds is 22. The molecule has 314 valence electrons. The second kappa shape index (κ2) is 22.7. The monoisotopic (exact) mass is 810 g/mol.